The molecule has 3 N–H and O–H groups in total. The standard InChI is InChI=1S/C13H21ClN2O2S/c1-4-13(5-2,6-3)16-19(17,18)12-9-10(14)7-8-11(12)15/h7-9,16H,4-6,15H2,1-3H3. The number of hydrogen-bond acceptors (Lipinski definition) is 3. The topological polar surface area (TPSA) is 72.2 Å². The number of benzene rings is 1. The molecule has 0 radical (unpaired) electrons. The summed E-state index contributed by atoms with van der Waals surface area (Å²) in [5, 5.41) is 0.352. The second kappa shape index (κ2) is 6.11. The van der Waals surface area contributed by atoms with Crippen LogP contribution in [0.4, 0.5) is 5.69 Å². The molecule has 19 heavy (non-hydrogen) atoms. The molecule has 1 aromatic carbocycles. The predicted molar refractivity (Wildman–Crippen MR) is 79.8 cm³/mol. The third-order valence-electron chi connectivity index (χ3n) is 3.65. The Kier molecular flexibility index (Phi) is 5.24. The Morgan fingerprint density at radius 2 is 1.74 bits per heavy atom. The Balaban J connectivity index is 3.21. The van der Waals surface area contributed by atoms with Crippen LogP contribution in [0, 0.1) is 0 Å². The summed E-state index contributed by atoms with van der Waals surface area (Å²) in [6.07, 6.45) is 2.17. The lowest BCUT2D eigenvalue weighted by molar-refractivity contribution is 0.342. The average molecular weight is 305 g/mol. The maximum absolute atomic E-state index is 12.4. The van der Waals surface area contributed by atoms with Crippen LogP contribution in [0.2, 0.25) is 5.02 Å². The Labute approximate surface area is 120 Å². The largest absolute Gasteiger partial charge is 0.398 e. The summed E-state index contributed by atoms with van der Waals surface area (Å²) in [5.74, 6) is 0. The Morgan fingerprint density at radius 3 is 2.21 bits per heavy atom. The number of nitrogen functional groups attached to an aromatic ring is 1. The second-order valence-corrected chi connectivity index (χ2v) is 6.72. The van der Waals surface area contributed by atoms with Gasteiger partial charge in [0.25, 0.3) is 0 Å². The minimum atomic E-state index is -3.67. The van der Waals surface area contributed by atoms with Crippen molar-refractivity contribution in [3.05, 3.63) is 23.2 Å². The highest BCUT2D eigenvalue weighted by molar-refractivity contribution is 7.89. The molecule has 0 atom stereocenters. The second-order valence-electron chi connectivity index (χ2n) is 4.63. The molecule has 1 aromatic rings. The Morgan fingerprint density at radius 1 is 1.21 bits per heavy atom. The van der Waals surface area contributed by atoms with Gasteiger partial charge in [0.05, 0.1) is 5.69 Å². The van der Waals surface area contributed by atoms with Crippen molar-refractivity contribution in [3.63, 3.8) is 0 Å². The van der Waals surface area contributed by atoms with Crippen molar-refractivity contribution in [2.75, 3.05) is 5.73 Å². The van der Waals surface area contributed by atoms with Gasteiger partial charge in [-0.3, -0.25) is 0 Å². The summed E-state index contributed by atoms with van der Waals surface area (Å²) in [6.45, 7) is 5.91. The maximum Gasteiger partial charge on any atom is 0.243 e. The molecule has 108 valence electrons. The predicted octanol–water partition coefficient (Wildman–Crippen LogP) is 3.17. The van der Waals surface area contributed by atoms with E-state index in [0.717, 1.165) is 19.3 Å². The van der Waals surface area contributed by atoms with E-state index in [0.29, 0.717) is 5.02 Å². The lowest BCUT2D eigenvalue weighted by atomic mass is 9.91. The molecule has 0 spiro atoms. The number of nitrogens with one attached hydrogen (secondary N) is 1. The van der Waals surface area contributed by atoms with Gasteiger partial charge in [-0.2, -0.15) is 0 Å². The van der Waals surface area contributed by atoms with E-state index in [-0.39, 0.29) is 10.6 Å². The summed E-state index contributed by atoms with van der Waals surface area (Å²) >= 11 is 5.85. The van der Waals surface area contributed by atoms with E-state index in [1.807, 2.05) is 20.8 Å². The van der Waals surface area contributed by atoms with Crippen LogP contribution in [0.3, 0.4) is 0 Å². The van der Waals surface area contributed by atoms with Crippen LogP contribution in [0.5, 0.6) is 0 Å². The molecule has 0 bridgehead atoms. The zero-order valence-electron chi connectivity index (χ0n) is 11.5. The first kappa shape index (κ1) is 16.3. The van der Waals surface area contributed by atoms with Gasteiger partial charge in [0.15, 0.2) is 0 Å². The molecule has 0 aliphatic carbocycles. The quantitative estimate of drug-likeness (QED) is 0.793. The van der Waals surface area contributed by atoms with Gasteiger partial charge in [-0.05, 0) is 37.5 Å². The van der Waals surface area contributed by atoms with Crippen molar-refractivity contribution in [2.24, 2.45) is 0 Å². The zero-order chi connectivity index (χ0) is 14.7. The van der Waals surface area contributed by atoms with E-state index >= 15 is 0 Å². The van der Waals surface area contributed by atoms with Crippen molar-refractivity contribution < 1.29 is 8.42 Å². The van der Waals surface area contributed by atoms with E-state index in [4.69, 9.17) is 17.3 Å². The molecule has 0 heterocycles. The Bertz CT molecular complexity index is 531. The highest BCUT2D eigenvalue weighted by Gasteiger charge is 2.31. The summed E-state index contributed by atoms with van der Waals surface area (Å²) in [7, 11) is -3.67. The molecular weight excluding hydrogens is 284 g/mol. The monoisotopic (exact) mass is 304 g/mol. The van der Waals surface area contributed by atoms with Gasteiger partial charge in [0.1, 0.15) is 4.90 Å². The first-order valence-electron chi connectivity index (χ1n) is 6.39. The van der Waals surface area contributed by atoms with Crippen LogP contribution in [-0.4, -0.2) is 14.0 Å². The van der Waals surface area contributed by atoms with Crippen LogP contribution in [-0.2, 0) is 10.0 Å². The number of hydrogen-bond donors (Lipinski definition) is 2. The highest BCUT2D eigenvalue weighted by atomic mass is 35.5. The van der Waals surface area contributed by atoms with Gasteiger partial charge in [0, 0.05) is 10.6 Å². The fourth-order valence-corrected chi connectivity index (χ4v) is 4.06. The van der Waals surface area contributed by atoms with Gasteiger partial charge in [-0.15, -0.1) is 0 Å². The maximum atomic E-state index is 12.4. The van der Waals surface area contributed by atoms with Crippen molar-refractivity contribution in [1.82, 2.24) is 4.72 Å². The van der Waals surface area contributed by atoms with Crippen LogP contribution in [0.15, 0.2) is 23.1 Å². The highest BCUT2D eigenvalue weighted by Crippen LogP contribution is 2.27. The van der Waals surface area contributed by atoms with Crippen molar-refractivity contribution in [1.29, 1.82) is 0 Å². The number of nitrogens with two attached hydrogens (primary N) is 1. The number of rotatable bonds is 6. The lowest BCUT2D eigenvalue weighted by Gasteiger charge is -2.31. The van der Waals surface area contributed by atoms with Crippen LogP contribution < -0.4 is 10.5 Å². The molecule has 0 unspecified atom stereocenters. The Hall–Kier alpha value is -0.780. The smallest absolute Gasteiger partial charge is 0.243 e. The summed E-state index contributed by atoms with van der Waals surface area (Å²) in [6, 6.07) is 4.45. The van der Waals surface area contributed by atoms with Crippen molar-refractivity contribution in [3.8, 4) is 0 Å². The van der Waals surface area contributed by atoms with Crippen molar-refractivity contribution in [2.45, 2.75) is 50.5 Å². The summed E-state index contributed by atoms with van der Waals surface area (Å²) in [4.78, 5) is 0.0414. The zero-order valence-corrected chi connectivity index (χ0v) is 13.1. The lowest BCUT2D eigenvalue weighted by Crippen LogP contribution is -2.47. The van der Waals surface area contributed by atoms with Crippen LogP contribution in [0.25, 0.3) is 0 Å². The third kappa shape index (κ3) is 3.61. The third-order valence-corrected chi connectivity index (χ3v) is 5.52. The fraction of sp³-hybridized carbons (Fsp3) is 0.538. The number of anilines is 1. The molecule has 0 aliphatic heterocycles. The molecule has 4 nitrogen and oxygen atoms in total. The van der Waals surface area contributed by atoms with E-state index in [1.165, 1.54) is 12.1 Å². The molecule has 0 amide bonds. The average Bonchev–Trinajstić information content (AvgIpc) is 2.39. The normalized spacial score (nSPS) is 12.6. The van der Waals surface area contributed by atoms with E-state index in [9.17, 15) is 8.42 Å². The molecule has 0 aliphatic rings. The molecule has 0 saturated carbocycles. The fourth-order valence-electron chi connectivity index (χ4n) is 2.05. The molecule has 0 saturated heterocycles. The van der Waals surface area contributed by atoms with E-state index < -0.39 is 15.6 Å². The van der Waals surface area contributed by atoms with Gasteiger partial charge < -0.3 is 5.73 Å². The minimum Gasteiger partial charge on any atom is -0.398 e. The van der Waals surface area contributed by atoms with Gasteiger partial charge in [0.2, 0.25) is 10.0 Å². The SMILES string of the molecule is CCC(CC)(CC)NS(=O)(=O)c1cc(Cl)ccc1N. The number of sulfonamides is 1. The van der Waals surface area contributed by atoms with Crippen molar-refractivity contribution >= 4 is 27.3 Å². The van der Waals surface area contributed by atoms with Crippen LogP contribution in [0.1, 0.15) is 40.0 Å². The van der Waals surface area contributed by atoms with Gasteiger partial charge >= 0.3 is 0 Å². The molecular formula is C13H21ClN2O2S. The van der Waals surface area contributed by atoms with E-state index in [1.54, 1.807) is 6.07 Å². The first-order chi connectivity index (χ1) is 8.80. The molecule has 0 aromatic heterocycles. The first-order valence-corrected chi connectivity index (χ1v) is 8.25. The van der Waals surface area contributed by atoms with Gasteiger partial charge in [-0.25, -0.2) is 13.1 Å². The van der Waals surface area contributed by atoms with E-state index in [2.05, 4.69) is 4.72 Å². The number of halogens is 1. The van der Waals surface area contributed by atoms with Gasteiger partial charge in [-0.1, -0.05) is 32.4 Å². The molecule has 6 heteroatoms. The summed E-state index contributed by atoms with van der Waals surface area (Å²) < 4.78 is 27.7. The van der Waals surface area contributed by atoms with Crippen LogP contribution >= 0.6 is 11.6 Å². The summed E-state index contributed by atoms with van der Waals surface area (Å²) in [5.41, 5.74) is 5.51. The molecule has 1 rings (SSSR count). The molecule has 0 fully saturated rings. The minimum absolute atomic E-state index is 0.0414.